The summed E-state index contributed by atoms with van der Waals surface area (Å²) in [6, 6.07) is 9.02. The monoisotopic (exact) mass is 309 g/mol. The molecule has 1 saturated heterocycles. The molecule has 0 radical (unpaired) electrons. The maximum absolute atomic E-state index is 11.8. The van der Waals surface area contributed by atoms with Crippen LogP contribution in [0.3, 0.4) is 0 Å². The molecule has 21 heavy (non-hydrogen) atoms. The molecular formula is C15H19NO4S. The third-order valence-corrected chi connectivity index (χ3v) is 4.63. The van der Waals surface area contributed by atoms with E-state index in [4.69, 9.17) is 9.84 Å². The van der Waals surface area contributed by atoms with Gasteiger partial charge in [0.05, 0.1) is 6.42 Å². The molecule has 114 valence electrons. The molecule has 1 fully saturated rings. The predicted octanol–water partition coefficient (Wildman–Crippen LogP) is 2.51. The molecule has 1 amide bonds. The average Bonchev–Trinajstić information content (AvgIpc) is 2.99. The predicted molar refractivity (Wildman–Crippen MR) is 81.2 cm³/mol. The number of nitrogens with one attached hydrogen (secondary N) is 1. The second-order valence-corrected chi connectivity index (χ2v) is 6.18. The molecule has 0 bridgehead atoms. The number of ether oxygens (including phenoxy) is 1. The molecule has 2 unspecified atom stereocenters. The molecule has 0 aliphatic carbocycles. The number of aliphatic carboxylic acids is 1. The minimum atomic E-state index is -0.903. The highest BCUT2D eigenvalue weighted by Gasteiger charge is 2.29. The summed E-state index contributed by atoms with van der Waals surface area (Å²) in [4.78, 5) is 22.8. The summed E-state index contributed by atoms with van der Waals surface area (Å²) >= 11 is 1.79. The lowest BCUT2D eigenvalue weighted by atomic mass is 9.96. The maximum atomic E-state index is 11.8. The molecule has 1 heterocycles. The van der Waals surface area contributed by atoms with Gasteiger partial charge in [-0.1, -0.05) is 30.3 Å². The lowest BCUT2D eigenvalue weighted by Crippen LogP contribution is -2.42. The van der Waals surface area contributed by atoms with Crippen LogP contribution in [0.15, 0.2) is 30.3 Å². The zero-order valence-electron chi connectivity index (χ0n) is 11.7. The number of amides is 1. The van der Waals surface area contributed by atoms with Gasteiger partial charge >= 0.3 is 12.1 Å². The smallest absolute Gasteiger partial charge is 0.407 e. The number of benzene rings is 1. The lowest BCUT2D eigenvalue weighted by Gasteiger charge is -2.22. The van der Waals surface area contributed by atoms with Gasteiger partial charge in [0.25, 0.3) is 0 Å². The molecular weight excluding hydrogens is 290 g/mol. The van der Waals surface area contributed by atoms with Gasteiger partial charge in [-0.3, -0.25) is 4.79 Å². The Bertz CT molecular complexity index is 474. The zero-order chi connectivity index (χ0) is 15.1. The first-order chi connectivity index (χ1) is 10.1. The first-order valence-electron chi connectivity index (χ1n) is 6.92. The van der Waals surface area contributed by atoms with Crippen molar-refractivity contribution in [3.8, 4) is 0 Å². The number of hydrogen-bond donors (Lipinski definition) is 2. The van der Waals surface area contributed by atoms with E-state index in [9.17, 15) is 9.59 Å². The number of carbonyl (C=O) groups excluding carboxylic acids is 1. The Labute approximate surface area is 128 Å². The van der Waals surface area contributed by atoms with E-state index in [1.54, 1.807) is 11.8 Å². The summed E-state index contributed by atoms with van der Waals surface area (Å²) in [7, 11) is 0. The first kappa shape index (κ1) is 15.7. The van der Waals surface area contributed by atoms with Crippen molar-refractivity contribution >= 4 is 23.8 Å². The van der Waals surface area contributed by atoms with Gasteiger partial charge < -0.3 is 15.2 Å². The van der Waals surface area contributed by atoms with Crippen LogP contribution in [0, 0.1) is 5.92 Å². The molecule has 0 saturated carbocycles. The lowest BCUT2D eigenvalue weighted by molar-refractivity contribution is -0.137. The van der Waals surface area contributed by atoms with E-state index < -0.39 is 12.1 Å². The fraction of sp³-hybridized carbons (Fsp3) is 0.467. The van der Waals surface area contributed by atoms with Crippen molar-refractivity contribution in [3.05, 3.63) is 35.9 Å². The minimum absolute atomic E-state index is 0.0638. The van der Waals surface area contributed by atoms with Crippen LogP contribution in [0.4, 0.5) is 4.79 Å². The number of hydrogen-bond acceptors (Lipinski definition) is 4. The Morgan fingerprint density at radius 3 is 2.76 bits per heavy atom. The van der Waals surface area contributed by atoms with E-state index in [0.717, 1.165) is 23.5 Å². The number of carbonyl (C=O) groups is 2. The standard InChI is InChI=1S/C15H19NO4S/c17-14(18)8-13(12-6-7-21-10-12)16-15(19)20-9-11-4-2-1-3-5-11/h1-5,12-13H,6-10H2,(H,16,19)(H,17,18). The number of alkyl carbamates (subject to hydrolysis) is 1. The van der Waals surface area contributed by atoms with Crippen molar-refractivity contribution in [2.75, 3.05) is 11.5 Å². The Balaban J connectivity index is 1.83. The number of thioether (sulfide) groups is 1. The van der Waals surface area contributed by atoms with Gasteiger partial charge in [0, 0.05) is 6.04 Å². The molecule has 2 N–H and O–H groups in total. The van der Waals surface area contributed by atoms with Gasteiger partial charge in [-0.15, -0.1) is 0 Å². The molecule has 1 aliphatic rings. The van der Waals surface area contributed by atoms with E-state index in [2.05, 4.69) is 5.32 Å². The van der Waals surface area contributed by atoms with Crippen molar-refractivity contribution in [2.24, 2.45) is 5.92 Å². The largest absolute Gasteiger partial charge is 0.481 e. The summed E-state index contributed by atoms with van der Waals surface area (Å²) in [5.41, 5.74) is 0.902. The first-order valence-corrected chi connectivity index (χ1v) is 8.07. The van der Waals surface area contributed by atoms with Gasteiger partial charge in [0.15, 0.2) is 0 Å². The molecule has 0 aromatic heterocycles. The van der Waals surface area contributed by atoms with E-state index in [1.165, 1.54) is 0 Å². The highest BCUT2D eigenvalue weighted by molar-refractivity contribution is 7.99. The van der Waals surface area contributed by atoms with Crippen LogP contribution in [-0.4, -0.2) is 34.7 Å². The molecule has 2 atom stereocenters. The highest BCUT2D eigenvalue weighted by Crippen LogP contribution is 2.27. The minimum Gasteiger partial charge on any atom is -0.481 e. The van der Waals surface area contributed by atoms with Gasteiger partial charge in [0.1, 0.15) is 6.61 Å². The number of rotatable bonds is 6. The maximum Gasteiger partial charge on any atom is 0.407 e. The van der Waals surface area contributed by atoms with Crippen molar-refractivity contribution in [1.29, 1.82) is 0 Å². The molecule has 2 rings (SSSR count). The van der Waals surface area contributed by atoms with E-state index in [-0.39, 0.29) is 25.0 Å². The fourth-order valence-corrected chi connectivity index (χ4v) is 3.65. The summed E-state index contributed by atoms with van der Waals surface area (Å²) in [6.45, 7) is 0.186. The van der Waals surface area contributed by atoms with E-state index in [0.29, 0.717) is 0 Å². The molecule has 0 spiro atoms. The normalized spacial score (nSPS) is 19.0. The number of carboxylic acid groups (broad SMARTS) is 1. The van der Waals surface area contributed by atoms with Crippen molar-refractivity contribution in [3.63, 3.8) is 0 Å². The van der Waals surface area contributed by atoms with Crippen LogP contribution < -0.4 is 5.32 Å². The topological polar surface area (TPSA) is 75.6 Å². The summed E-state index contributed by atoms with van der Waals surface area (Å²) in [6.07, 6.45) is 0.315. The Hall–Kier alpha value is -1.69. The van der Waals surface area contributed by atoms with Gasteiger partial charge in [-0.25, -0.2) is 4.79 Å². The fourth-order valence-electron chi connectivity index (χ4n) is 2.31. The Morgan fingerprint density at radius 1 is 1.38 bits per heavy atom. The number of carboxylic acids is 1. The van der Waals surface area contributed by atoms with Crippen LogP contribution in [0.1, 0.15) is 18.4 Å². The van der Waals surface area contributed by atoms with E-state index in [1.807, 2.05) is 30.3 Å². The van der Waals surface area contributed by atoms with Crippen LogP contribution in [0.25, 0.3) is 0 Å². The summed E-state index contributed by atoms with van der Waals surface area (Å²) < 4.78 is 5.15. The Kier molecular flexibility index (Phi) is 5.92. The quantitative estimate of drug-likeness (QED) is 0.844. The van der Waals surface area contributed by atoms with Crippen molar-refractivity contribution < 1.29 is 19.4 Å². The zero-order valence-corrected chi connectivity index (χ0v) is 12.5. The van der Waals surface area contributed by atoms with Crippen LogP contribution in [-0.2, 0) is 16.1 Å². The van der Waals surface area contributed by atoms with Gasteiger partial charge in [-0.2, -0.15) is 11.8 Å². The molecule has 5 nitrogen and oxygen atoms in total. The van der Waals surface area contributed by atoms with E-state index >= 15 is 0 Å². The Morgan fingerprint density at radius 2 is 2.14 bits per heavy atom. The van der Waals surface area contributed by atoms with Crippen LogP contribution in [0.2, 0.25) is 0 Å². The van der Waals surface area contributed by atoms with Gasteiger partial charge in [-0.05, 0) is 29.4 Å². The second kappa shape index (κ2) is 7.93. The van der Waals surface area contributed by atoms with Gasteiger partial charge in [0.2, 0.25) is 0 Å². The summed E-state index contributed by atoms with van der Waals surface area (Å²) in [5, 5.41) is 11.7. The molecule has 1 aliphatic heterocycles. The molecule has 1 aromatic carbocycles. The third-order valence-electron chi connectivity index (χ3n) is 3.44. The van der Waals surface area contributed by atoms with Crippen molar-refractivity contribution in [2.45, 2.75) is 25.5 Å². The van der Waals surface area contributed by atoms with Crippen LogP contribution >= 0.6 is 11.8 Å². The second-order valence-electron chi connectivity index (χ2n) is 5.03. The average molecular weight is 309 g/mol. The highest BCUT2D eigenvalue weighted by atomic mass is 32.2. The third kappa shape index (κ3) is 5.30. The van der Waals surface area contributed by atoms with Crippen LogP contribution in [0.5, 0.6) is 0 Å². The summed E-state index contributed by atoms with van der Waals surface area (Å²) in [5.74, 6) is 1.20. The molecule has 6 heteroatoms. The van der Waals surface area contributed by atoms with Crippen molar-refractivity contribution in [1.82, 2.24) is 5.32 Å². The molecule has 1 aromatic rings. The SMILES string of the molecule is O=C(O)CC(NC(=O)OCc1ccccc1)C1CCSC1.